The van der Waals surface area contributed by atoms with Gasteiger partial charge in [0, 0.05) is 14.7 Å². The maximum atomic E-state index is 9.61. The Kier molecular flexibility index (Phi) is 4.21. The van der Waals surface area contributed by atoms with Crippen LogP contribution in [-0.2, 0) is 0 Å². The van der Waals surface area contributed by atoms with E-state index in [0.717, 1.165) is 22.3 Å². The highest BCUT2D eigenvalue weighted by Crippen LogP contribution is 2.26. The van der Waals surface area contributed by atoms with Crippen LogP contribution < -0.4 is 5.32 Å². The first-order valence-electron chi connectivity index (χ1n) is 3.80. The van der Waals surface area contributed by atoms with E-state index in [9.17, 15) is 5.11 Å². The number of hydrogen-bond acceptors (Lipinski definition) is 3. The standard InChI is InChI=1S/C8H12BrNOS/c1-10-3-2-7(11)8-4-6(9)5-12-8/h4-5,7,10-11H,2-3H2,1H3. The summed E-state index contributed by atoms with van der Waals surface area (Å²) in [7, 11) is 1.89. The van der Waals surface area contributed by atoms with E-state index in [1.54, 1.807) is 11.3 Å². The van der Waals surface area contributed by atoms with Crippen molar-refractivity contribution in [1.29, 1.82) is 0 Å². The predicted molar refractivity (Wildman–Crippen MR) is 55.5 cm³/mol. The molecule has 2 N–H and O–H groups in total. The zero-order valence-corrected chi connectivity index (χ0v) is 9.28. The fourth-order valence-corrected chi connectivity index (χ4v) is 2.39. The third-order valence-corrected chi connectivity index (χ3v) is 3.38. The van der Waals surface area contributed by atoms with E-state index >= 15 is 0 Å². The van der Waals surface area contributed by atoms with E-state index in [-0.39, 0.29) is 6.10 Å². The minimum atomic E-state index is -0.325. The van der Waals surface area contributed by atoms with Crippen LogP contribution >= 0.6 is 27.3 Å². The minimum Gasteiger partial charge on any atom is -0.388 e. The van der Waals surface area contributed by atoms with Gasteiger partial charge in [0.2, 0.25) is 0 Å². The third kappa shape index (κ3) is 2.86. The average molecular weight is 250 g/mol. The summed E-state index contributed by atoms with van der Waals surface area (Å²) in [5.74, 6) is 0. The van der Waals surface area contributed by atoms with E-state index in [1.807, 2.05) is 18.5 Å². The zero-order chi connectivity index (χ0) is 8.97. The van der Waals surface area contributed by atoms with Gasteiger partial charge in [-0.1, -0.05) is 0 Å². The number of nitrogens with one attached hydrogen (secondary N) is 1. The zero-order valence-electron chi connectivity index (χ0n) is 6.88. The van der Waals surface area contributed by atoms with Crippen molar-refractivity contribution in [3.8, 4) is 0 Å². The maximum absolute atomic E-state index is 9.61. The topological polar surface area (TPSA) is 32.3 Å². The molecule has 1 heterocycles. The largest absolute Gasteiger partial charge is 0.388 e. The van der Waals surface area contributed by atoms with Crippen molar-refractivity contribution < 1.29 is 5.11 Å². The van der Waals surface area contributed by atoms with E-state index in [0.29, 0.717) is 0 Å². The maximum Gasteiger partial charge on any atom is 0.0894 e. The van der Waals surface area contributed by atoms with Crippen LogP contribution in [-0.4, -0.2) is 18.7 Å². The normalized spacial score (nSPS) is 13.2. The first-order valence-corrected chi connectivity index (χ1v) is 5.48. The van der Waals surface area contributed by atoms with E-state index in [2.05, 4.69) is 21.2 Å². The lowest BCUT2D eigenvalue weighted by Crippen LogP contribution is -2.11. The first-order chi connectivity index (χ1) is 5.74. The summed E-state index contributed by atoms with van der Waals surface area (Å²) in [6.07, 6.45) is 0.442. The molecule has 0 bridgehead atoms. The molecule has 0 amide bonds. The van der Waals surface area contributed by atoms with Gasteiger partial charge in [-0.15, -0.1) is 11.3 Å². The lowest BCUT2D eigenvalue weighted by atomic mass is 10.2. The van der Waals surface area contributed by atoms with Crippen molar-refractivity contribution in [3.05, 3.63) is 20.8 Å². The molecule has 12 heavy (non-hydrogen) atoms. The molecular formula is C8H12BrNOS. The Balaban J connectivity index is 2.47. The molecule has 1 unspecified atom stereocenters. The Labute approximate surface area is 84.7 Å². The quantitative estimate of drug-likeness (QED) is 0.858. The van der Waals surface area contributed by atoms with Crippen LogP contribution in [0.2, 0.25) is 0 Å². The lowest BCUT2D eigenvalue weighted by molar-refractivity contribution is 0.171. The summed E-state index contributed by atoms with van der Waals surface area (Å²) in [5.41, 5.74) is 0. The van der Waals surface area contributed by atoms with Gasteiger partial charge >= 0.3 is 0 Å². The lowest BCUT2D eigenvalue weighted by Gasteiger charge is -2.06. The summed E-state index contributed by atoms with van der Waals surface area (Å²) in [4.78, 5) is 1.03. The number of thiophene rings is 1. The predicted octanol–water partition coefficient (Wildman–Crippen LogP) is 2.15. The van der Waals surface area contributed by atoms with Crippen LogP contribution in [0.5, 0.6) is 0 Å². The van der Waals surface area contributed by atoms with Gasteiger partial charge in [0.15, 0.2) is 0 Å². The van der Waals surface area contributed by atoms with Crippen LogP contribution in [0, 0.1) is 0 Å². The summed E-state index contributed by atoms with van der Waals surface area (Å²) in [6.45, 7) is 0.844. The van der Waals surface area contributed by atoms with Crippen molar-refractivity contribution in [1.82, 2.24) is 5.32 Å². The van der Waals surface area contributed by atoms with Gasteiger partial charge in [-0.3, -0.25) is 0 Å². The van der Waals surface area contributed by atoms with Crippen molar-refractivity contribution >= 4 is 27.3 Å². The smallest absolute Gasteiger partial charge is 0.0894 e. The molecule has 1 atom stereocenters. The summed E-state index contributed by atoms with van der Waals surface area (Å²) in [5, 5.41) is 14.6. The Morgan fingerprint density at radius 3 is 3.00 bits per heavy atom. The highest BCUT2D eigenvalue weighted by Gasteiger charge is 2.08. The Bertz CT molecular complexity index is 239. The molecule has 0 fully saturated rings. The number of rotatable bonds is 4. The van der Waals surface area contributed by atoms with Gasteiger partial charge in [0.25, 0.3) is 0 Å². The molecular weight excluding hydrogens is 238 g/mol. The van der Waals surface area contributed by atoms with E-state index in [1.165, 1.54) is 0 Å². The molecule has 0 aliphatic rings. The molecule has 0 spiro atoms. The molecule has 0 saturated heterocycles. The van der Waals surface area contributed by atoms with Gasteiger partial charge in [0.05, 0.1) is 6.10 Å². The van der Waals surface area contributed by atoms with Crippen LogP contribution in [0.15, 0.2) is 15.9 Å². The third-order valence-electron chi connectivity index (χ3n) is 1.58. The fraction of sp³-hybridized carbons (Fsp3) is 0.500. The Hall–Kier alpha value is 0.1000. The van der Waals surface area contributed by atoms with Gasteiger partial charge in [-0.05, 0) is 42.0 Å². The van der Waals surface area contributed by atoms with E-state index < -0.39 is 0 Å². The van der Waals surface area contributed by atoms with Crippen LogP contribution in [0.3, 0.4) is 0 Å². The molecule has 1 rings (SSSR count). The molecule has 0 aromatic carbocycles. The van der Waals surface area contributed by atoms with Crippen molar-refractivity contribution in [3.63, 3.8) is 0 Å². The molecule has 0 aliphatic heterocycles. The molecule has 0 saturated carbocycles. The van der Waals surface area contributed by atoms with Crippen molar-refractivity contribution in [2.75, 3.05) is 13.6 Å². The highest BCUT2D eigenvalue weighted by atomic mass is 79.9. The van der Waals surface area contributed by atoms with E-state index in [4.69, 9.17) is 0 Å². The molecule has 0 aliphatic carbocycles. The molecule has 0 radical (unpaired) electrons. The number of hydrogen-bond donors (Lipinski definition) is 2. The SMILES string of the molecule is CNCCC(O)c1cc(Br)cs1. The van der Waals surface area contributed by atoms with Crippen molar-refractivity contribution in [2.24, 2.45) is 0 Å². The molecule has 1 aromatic heterocycles. The Morgan fingerprint density at radius 1 is 1.75 bits per heavy atom. The second kappa shape index (κ2) is 4.97. The van der Waals surface area contributed by atoms with Gasteiger partial charge in [-0.2, -0.15) is 0 Å². The summed E-state index contributed by atoms with van der Waals surface area (Å²) >= 11 is 4.94. The van der Waals surface area contributed by atoms with Crippen LogP contribution in [0.25, 0.3) is 0 Å². The highest BCUT2D eigenvalue weighted by molar-refractivity contribution is 9.10. The fourth-order valence-electron chi connectivity index (χ4n) is 0.926. The molecule has 4 heteroatoms. The van der Waals surface area contributed by atoms with Gasteiger partial charge in [0.1, 0.15) is 0 Å². The average Bonchev–Trinajstić information content (AvgIpc) is 2.47. The summed E-state index contributed by atoms with van der Waals surface area (Å²) in [6, 6.07) is 1.96. The van der Waals surface area contributed by atoms with Gasteiger partial charge < -0.3 is 10.4 Å². The molecule has 68 valence electrons. The van der Waals surface area contributed by atoms with Crippen molar-refractivity contribution in [2.45, 2.75) is 12.5 Å². The first kappa shape index (κ1) is 10.2. The Morgan fingerprint density at radius 2 is 2.50 bits per heavy atom. The number of aliphatic hydroxyl groups is 1. The number of aliphatic hydroxyl groups excluding tert-OH is 1. The second-order valence-corrected chi connectivity index (χ2v) is 4.43. The minimum absolute atomic E-state index is 0.325. The van der Waals surface area contributed by atoms with Gasteiger partial charge in [-0.25, -0.2) is 0 Å². The van der Waals surface area contributed by atoms with Crippen LogP contribution in [0.4, 0.5) is 0 Å². The monoisotopic (exact) mass is 249 g/mol. The van der Waals surface area contributed by atoms with Crippen LogP contribution in [0.1, 0.15) is 17.4 Å². The second-order valence-electron chi connectivity index (χ2n) is 2.58. The number of halogens is 1. The summed E-state index contributed by atoms with van der Waals surface area (Å²) < 4.78 is 1.05. The molecule has 1 aromatic rings. The molecule has 2 nitrogen and oxygen atoms in total.